The molecule has 1 spiro atoms. The van der Waals surface area contributed by atoms with Crippen LogP contribution in [0.5, 0.6) is 11.5 Å². The number of aliphatic carboxylic acids is 1. The van der Waals surface area contributed by atoms with Gasteiger partial charge < -0.3 is 19.3 Å². The van der Waals surface area contributed by atoms with Crippen LogP contribution < -0.4 is 15.0 Å². The van der Waals surface area contributed by atoms with Crippen LogP contribution >= 0.6 is 0 Å². The van der Waals surface area contributed by atoms with E-state index in [2.05, 4.69) is 10.2 Å². The number of alkyl halides is 2. The molecule has 3 rings (SSSR count). The zero-order valence-corrected chi connectivity index (χ0v) is 14.6. The van der Waals surface area contributed by atoms with Gasteiger partial charge in [-0.25, -0.2) is 0 Å². The van der Waals surface area contributed by atoms with Crippen molar-refractivity contribution in [3.63, 3.8) is 0 Å². The van der Waals surface area contributed by atoms with E-state index in [1.54, 1.807) is 12.1 Å². The molecular formula is C18H21F2NO6. The number of carbonyl (C=O) groups is 1. The van der Waals surface area contributed by atoms with Gasteiger partial charge in [0.1, 0.15) is 5.60 Å². The minimum Gasteiger partial charge on any atom is -0.490 e. The van der Waals surface area contributed by atoms with Crippen LogP contribution in [0.1, 0.15) is 31.2 Å². The molecule has 2 heterocycles. The Morgan fingerprint density at radius 1 is 1.33 bits per heavy atom. The number of carboxylic acid groups (broad SMARTS) is 1. The van der Waals surface area contributed by atoms with Crippen molar-refractivity contribution in [1.82, 2.24) is 5.48 Å². The molecule has 0 saturated carbocycles. The van der Waals surface area contributed by atoms with Crippen molar-refractivity contribution < 1.29 is 37.7 Å². The van der Waals surface area contributed by atoms with Gasteiger partial charge in [-0.15, -0.1) is 0 Å². The highest BCUT2D eigenvalue weighted by Gasteiger charge is 2.39. The zero-order chi connectivity index (χ0) is 19.3. The van der Waals surface area contributed by atoms with Crippen LogP contribution in [-0.2, 0) is 14.4 Å². The molecule has 1 saturated heterocycles. The number of nitrogens with one attached hydrogen (secondary N) is 1. The summed E-state index contributed by atoms with van der Waals surface area (Å²) in [6.45, 7) is -1.73. The number of benzene rings is 1. The average Bonchev–Trinajstić information content (AvgIpc) is 3.25. The number of hydroxylamine groups is 1. The number of unbranched alkanes of at least 4 members (excludes halogenated alkanes) is 1. The van der Waals surface area contributed by atoms with Gasteiger partial charge in [0, 0.05) is 25.0 Å². The van der Waals surface area contributed by atoms with Crippen molar-refractivity contribution in [2.75, 3.05) is 19.8 Å². The van der Waals surface area contributed by atoms with E-state index in [0.717, 1.165) is 6.42 Å². The lowest BCUT2D eigenvalue weighted by Gasteiger charge is -2.15. The second-order valence-electron chi connectivity index (χ2n) is 6.37. The topological polar surface area (TPSA) is 86.3 Å². The summed E-state index contributed by atoms with van der Waals surface area (Å²) >= 11 is 0. The van der Waals surface area contributed by atoms with Gasteiger partial charge in [-0.1, -0.05) is 0 Å². The molecule has 0 radical (unpaired) electrons. The second-order valence-corrected chi connectivity index (χ2v) is 6.37. The third kappa shape index (κ3) is 5.08. The standard InChI is InChI=1S/C18H21F2NO6/c19-17(20)26-14-5-4-12(9-15(14)25-7-2-1-3-16(22)23)13-10-18(27-21-13)6-8-24-11-18/h4-5,9-10,17,21H,1-3,6-8,11H2,(H,22,23). The van der Waals surface area contributed by atoms with Gasteiger partial charge in [-0.2, -0.15) is 8.78 Å². The van der Waals surface area contributed by atoms with Gasteiger partial charge in [0.05, 0.1) is 18.9 Å². The van der Waals surface area contributed by atoms with Crippen molar-refractivity contribution in [3.05, 3.63) is 29.8 Å². The average molecular weight is 385 g/mol. The summed E-state index contributed by atoms with van der Waals surface area (Å²) < 4.78 is 40.7. The van der Waals surface area contributed by atoms with Crippen LogP contribution in [0, 0.1) is 0 Å². The van der Waals surface area contributed by atoms with E-state index in [0.29, 0.717) is 37.3 Å². The Morgan fingerprint density at radius 2 is 2.19 bits per heavy atom. The number of ether oxygens (including phenoxy) is 3. The Hall–Kier alpha value is -2.39. The summed E-state index contributed by atoms with van der Waals surface area (Å²) in [5.41, 5.74) is 3.73. The molecule has 1 fully saturated rings. The maximum Gasteiger partial charge on any atom is 0.387 e. The summed E-state index contributed by atoms with van der Waals surface area (Å²) in [6.07, 6.45) is 3.59. The van der Waals surface area contributed by atoms with Crippen molar-refractivity contribution in [3.8, 4) is 11.5 Å². The molecule has 9 heteroatoms. The fraction of sp³-hybridized carbons (Fsp3) is 0.500. The van der Waals surface area contributed by atoms with E-state index in [1.165, 1.54) is 6.07 Å². The van der Waals surface area contributed by atoms with Crippen LogP contribution in [0.2, 0.25) is 0 Å². The van der Waals surface area contributed by atoms with Gasteiger partial charge in [-0.3, -0.25) is 15.1 Å². The minimum absolute atomic E-state index is 0.0299. The van der Waals surface area contributed by atoms with Gasteiger partial charge in [0.2, 0.25) is 0 Å². The number of hydrogen-bond donors (Lipinski definition) is 2. The predicted octanol–water partition coefficient (Wildman–Crippen LogP) is 2.96. The number of rotatable bonds is 9. The lowest BCUT2D eigenvalue weighted by Crippen LogP contribution is -2.29. The van der Waals surface area contributed by atoms with E-state index in [-0.39, 0.29) is 24.5 Å². The molecule has 2 aliphatic heterocycles. The molecule has 27 heavy (non-hydrogen) atoms. The molecular weight excluding hydrogens is 364 g/mol. The first-order valence-electron chi connectivity index (χ1n) is 8.66. The largest absolute Gasteiger partial charge is 0.490 e. The van der Waals surface area contributed by atoms with E-state index in [4.69, 9.17) is 19.4 Å². The molecule has 0 aromatic heterocycles. The fourth-order valence-corrected chi connectivity index (χ4v) is 2.92. The summed E-state index contributed by atoms with van der Waals surface area (Å²) in [6, 6.07) is 4.63. The number of hydrogen-bond acceptors (Lipinski definition) is 6. The highest BCUT2D eigenvalue weighted by molar-refractivity contribution is 5.68. The summed E-state index contributed by atoms with van der Waals surface area (Å²) in [4.78, 5) is 16.2. The van der Waals surface area contributed by atoms with Crippen molar-refractivity contribution in [2.45, 2.75) is 37.9 Å². The van der Waals surface area contributed by atoms with Crippen LogP contribution in [0.15, 0.2) is 24.3 Å². The lowest BCUT2D eigenvalue weighted by molar-refractivity contribution is -0.137. The van der Waals surface area contributed by atoms with Crippen molar-refractivity contribution in [1.29, 1.82) is 0 Å². The Balaban J connectivity index is 1.71. The highest BCUT2D eigenvalue weighted by atomic mass is 19.3. The molecule has 2 N–H and O–H groups in total. The quantitative estimate of drug-likeness (QED) is 0.632. The van der Waals surface area contributed by atoms with Crippen LogP contribution in [0.3, 0.4) is 0 Å². The molecule has 1 aromatic carbocycles. The Labute approximate surface area is 154 Å². The predicted molar refractivity (Wildman–Crippen MR) is 90.4 cm³/mol. The van der Waals surface area contributed by atoms with Gasteiger partial charge in [-0.05, 0) is 37.1 Å². The number of halogens is 2. The third-order valence-electron chi connectivity index (χ3n) is 4.30. The Morgan fingerprint density at radius 3 is 2.89 bits per heavy atom. The van der Waals surface area contributed by atoms with Gasteiger partial charge in [0.15, 0.2) is 11.5 Å². The van der Waals surface area contributed by atoms with E-state index >= 15 is 0 Å². The minimum atomic E-state index is -2.98. The molecule has 0 bridgehead atoms. The highest BCUT2D eigenvalue weighted by Crippen LogP contribution is 2.36. The Bertz CT molecular complexity index is 703. The summed E-state index contributed by atoms with van der Waals surface area (Å²) in [7, 11) is 0. The van der Waals surface area contributed by atoms with E-state index < -0.39 is 18.2 Å². The first-order chi connectivity index (χ1) is 13.0. The van der Waals surface area contributed by atoms with Crippen molar-refractivity contribution in [2.24, 2.45) is 0 Å². The maximum absolute atomic E-state index is 12.6. The SMILES string of the molecule is O=C(O)CCCCOc1cc(C2=CC3(CCOC3)ON2)ccc1OC(F)F. The van der Waals surface area contributed by atoms with Crippen LogP contribution in [0.25, 0.3) is 5.70 Å². The first kappa shape index (κ1) is 19.4. The van der Waals surface area contributed by atoms with E-state index in [9.17, 15) is 13.6 Å². The second kappa shape index (κ2) is 8.53. The zero-order valence-electron chi connectivity index (χ0n) is 14.6. The molecule has 7 nitrogen and oxygen atoms in total. The first-order valence-corrected chi connectivity index (χ1v) is 8.66. The molecule has 2 aliphatic rings. The van der Waals surface area contributed by atoms with Crippen LogP contribution in [-0.4, -0.2) is 43.1 Å². The molecule has 148 valence electrons. The van der Waals surface area contributed by atoms with Crippen LogP contribution in [0.4, 0.5) is 8.78 Å². The van der Waals surface area contributed by atoms with E-state index in [1.807, 2.05) is 6.08 Å². The van der Waals surface area contributed by atoms with Crippen molar-refractivity contribution >= 4 is 11.7 Å². The molecule has 1 unspecified atom stereocenters. The third-order valence-corrected chi connectivity index (χ3v) is 4.30. The summed E-state index contributed by atoms with van der Waals surface area (Å²) in [5.74, 6) is -0.803. The lowest BCUT2D eigenvalue weighted by atomic mass is 10.0. The monoisotopic (exact) mass is 385 g/mol. The Kier molecular flexibility index (Phi) is 6.12. The number of carboxylic acids is 1. The fourth-order valence-electron chi connectivity index (χ4n) is 2.92. The molecule has 0 amide bonds. The smallest absolute Gasteiger partial charge is 0.387 e. The van der Waals surface area contributed by atoms with Gasteiger partial charge >= 0.3 is 12.6 Å². The normalized spacial score (nSPS) is 21.4. The van der Waals surface area contributed by atoms with Gasteiger partial charge in [0.25, 0.3) is 0 Å². The molecule has 1 aromatic rings. The maximum atomic E-state index is 12.6. The molecule has 1 atom stereocenters. The molecule has 0 aliphatic carbocycles. The summed E-state index contributed by atoms with van der Waals surface area (Å²) in [5, 5.41) is 8.64.